The second kappa shape index (κ2) is 10.1. The first-order valence-corrected chi connectivity index (χ1v) is 10.6. The van der Waals surface area contributed by atoms with Gasteiger partial charge in [-0.05, 0) is 37.3 Å². The van der Waals surface area contributed by atoms with E-state index in [1.165, 1.54) is 24.4 Å². The van der Waals surface area contributed by atoms with E-state index in [1.54, 1.807) is 24.3 Å². The summed E-state index contributed by atoms with van der Waals surface area (Å²) >= 11 is 7.38. The predicted molar refractivity (Wildman–Crippen MR) is 121 cm³/mol. The topological polar surface area (TPSA) is 75.0 Å². The lowest BCUT2D eigenvalue weighted by Gasteiger charge is -2.11. The van der Waals surface area contributed by atoms with Crippen molar-refractivity contribution < 1.29 is 9.53 Å². The van der Waals surface area contributed by atoms with E-state index in [0.29, 0.717) is 32.8 Å². The minimum absolute atomic E-state index is 0.170. The molecule has 3 aromatic rings. The molecule has 0 aliphatic rings. The van der Waals surface area contributed by atoms with Crippen molar-refractivity contribution in [3.05, 3.63) is 70.7 Å². The van der Waals surface area contributed by atoms with Crippen LogP contribution in [0.2, 0.25) is 5.02 Å². The number of ether oxygens (including phenoxy) is 1. The van der Waals surface area contributed by atoms with Crippen LogP contribution in [-0.2, 0) is 4.79 Å². The maximum Gasteiger partial charge on any atom is 0.225 e. The molecule has 2 aromatic carbocycles. The average molecular weight is 438 g/mol. The van der Waals surface area contributed by atoms with Gasteiger partial charge in [-0.3, -0.25) is 4.79 Å². The quantitative estimate of drug-likeness (QED) is 0.479. The zero-order valence-electron chi connectivity index (χ0n) is 16.6. The van der Waals surface area contributed by atoms with E-state index in [1.807, 2.05) is 37.3 Å². The minimum Gasteiger partial charge on any atom is -0.495 e. The molecule has 0 bridgehead atoms. The van der Waals surface area contributed by atoms with Crippen LogP contribution in [-0.4, -0.2) is 23.8 Å². The SMILES string of the molecule is COc1ccc(Cl)cc1NC(=O)CCSc1nc(-c2ccc(C)cc2)ccc1C#N. The van der Waals surface area contributed by atoms with Crippen molar-refractivity contribution in [2.75, 3.05) is 18.2 Å². The fourth-order valence-electron chi connectivity index (χ4n) is 2.75. The number of benzene rings is 2. The summed E-state index contributed by atoms with van der Waals surface area (Å²) in [5.41, 5.74) is 3.97. The average Bonchev–Trinajstić information content (AvgIpc) is 2.74. The number of carbonyl (C=O) groups excluding carboxylic acids is 1. The lowest BCUT2D eigenvalue weighted by atomic mass is 10.1. The summed E-state index contributed by atoms with van der Waals surface area (Å²) in [6, 6.07) is 18.9. The number of hydrogen-bond acceptors (Lipinski definition) is 5. The molecule has 3 rings (SSSR count). The van der Waals surface area contributed by atoms with Gasteiger partial charge in [0.1, 0.15) is 16.8 Å². The van der Waals surface area contributed by atoms with E-state index in [0.717, 1.165) is 11.3 Å². The molecule has 1 N–H and O–H groups in total. The van der Waals surface area contributed by atoms with Gasteiger partial charge < -0.3 is 10.1 Å². The third-order valence-electron chi connectivity index (χ3n) is 4.33. The smallest absolute Gasteiger partial charge is 0.225 e. The Morgan fingerprint density at radius 2 is 1.97 bits per heavy atom. The number of nitriles is 1. The maximum atomic E-state index is 12.3. The molecule has 152 valence electrons. The normalized spacial score (nSPS) is 10.3. The summed E-state index contributed by atoms with van der Waals surface area (Å²) in [5.74, 6) is 0.851. The third kappa shape index (κ3) is 5.53. The monoisotopic (exact) mass is 437 g/mol. The first kappa shape index (κ1) is 21.7. The second-order valence-corrected chi connectivity index (χ2v) is 8.04. The number of thioether (sulfide) groups is 1. The van der Waals surface area contributed by atoms with Crippen LogP contribution in [0.5, 0.6) is 5.75 Å². The molecule has 0 aliphatic heterocycles. The highest BCUT2D eigenvalue weighted by molar-refractivity contribution is 7.99. The molecule has 30 heavy (non-hydrogen) atoms. The third-order valence-corrected chi connectivity index (χ3v) is 5.56. The minimum atomic E-state index is -0.170. The zero-order chi connectivity index (χ0) is 21.5. The molecule has 0 saturated heterocycles. The predicted octanol–water partition coefficient (Wildman–Crippen LogP) is 5.71. The van der Waals surface area contributed by atoms with Crippen molar-refractivity contribution in [3.63, 3.8) is 0 Å². The highest BCUT2D eigenvalue weighted by Crippen LogP contribution is 2.29. The molecular formula is C23H20ClN3O2S. The van der Waals surface area contributed by atoms with Crippen LogP contribution in [0.25, 0.3) is 11.3 Å². The molecule has 0 aliphatic carbocycles. The van der Waals surface area contributed by atoms with E-state index in [2.05, 4.69) is 16.4 Å². The fraction of sp³-hybridized carbons (Fsp3) is 0.174. The van der Waals surface area contributed by atoms with E-state index in [4.69, 9.17) is 16.3 Å². The van der Waals surface area contributed by atoms with Crippen LogP contribution in [0.4, 0.5) is 5.69 Å². The number of pyridine rings is 1. The number of rotatable bonds is 7. The van der Waals surface area contributed by atoms with Crippen LogP contribution in [0.3, 0.4) is 0 Å². The number of nitrogens with one attached hydrogen (secondary N) is 1. The van der Waals surface area contributed by atoms with Crippen LogP contribution in [0.1, 0.15) is 17.5 Å². The molecule has 0 spiro atoms. The maximum absolute atomic E-state index is 12.3. The molecule has 1 amide bonds. The number of hydrogen-bond donors (Lipinski definition) is 1. The first-order valence-electron chi connectivity index (χ1n) is 9.24. The van der Waals surface area contributed by atoms with Crippen molar-refractivity contribution >= 4 is 35.0 Å². The van der Waals surface area contributed by atoms with Crippen molar-refractivity contribution in [1.29, 1.82) is 5.26 Å². The number of nitrogens with zero attached hydrogens (tertiary/aromatic N) is 2. The number of halogens is 1. The standard InChI is InChI=1S/C23H20ClN3O2S/c1-15-3-5-16(6-4-15)19-9-7-17(14-25)23(27-19)30-12-11-22(28)26-20-13-18(24)8-10-21(20)29-2/h3-10,13H,11-12H2,1-2H3,(H,26,28). The number of aryl methyl sites for hydroxylation is 1. The van der Waals surface area contributed by atoms with E-state index >= 15 is 0 Å². The van der Waals surface area contributed by atoms with E-state index in [9.17, 15) is 10.1 Å². The fourth-order valence-corrected chi connectivity index (χ4v) is 3.84. The molecule has 0 radical (unpaired) electrons. The van der Waals surface area contributed by atoms with Gasteiger partial charge in [0.2, 0.25) is 5.91 Å². The van der Waals surface area contributed by atoms with E-state index < -0.39 is 0 Å². The molecule has 1 heterocycles. The van der Waals surface area contributed by atoms with Crippen molar-refractivity contribution in [2.24, 2.45) is 0 Å². The number of amides is 1. The molecule has 0 atom stereocenters. The van der Waals surface area contributed by atoms with Gasteiger partial charge in [0, 0.05) is 22.8 Å². The van der Waals surface area contributed by atoms with Gasteiger partial charge >= 0.3 is 0 Å². The molecule has 0 unspecified atom stereocenters. The Hall–Kier alpha value is -3.01. The number of anilines is 1. The number of carbonyl (C=O) groups is 1. The summed E-state index contributed by atoms with van der Waals surface area (Å²) in [4.78, 5) is 17.0. The van der Waals surface area contributed by atoms with Gasteiger partial charge in [-0.25, -0.2) is 4.98 Å². The largest absolute Gasteiger partial charge is 0.495 e. The first-order chi connectivity index (χ1) is 14.5. The molecule has 5 nitrogen and oxygen atoms in total. The van der Waals surface area contributed by atoms with Crippen LogP contribution in [0, 0.1) is 18.3 Å². The van der Waals surface area contributed by atoms with Gasteiger partial charge in [-0.1, -0.05) is 41.4 Å². The Labute approximate surface area is 185 Å². The van der Waals surface area contributed by atoms with Crippen LogP contribution >= 0.6 is 23.4 Å². The van der Waals surface area contributed by atoms with Crippen molar-refractivity contribution in [3.8, 4) is 23.1 Å². The molecule has 0 fully saturated rings. The summed E-state index contributed by atoms with van der Waals surface area (Å²) in [6.45, 7) is 2.03. The summed E-state index contributed by atoms with van der Waals surface area (Å²) in [5, 5.41) is 13.3. The van der Waals surface area contributed by atoms with Crippen molar-refractivity contribution in [1.82, 2.24) is 4.98 Å². The highest BCUT2D eigenvalue weighted by Gasteiger charge is 2.11. The Bertz CT molecular complexity index is 1090. The lowest BCUT2D eigenvalue weighted by molar-refractivity contribution is -0.115. The Balaban J connectivity index is 1.66. The van der Waals surface area contributed by atoms with Gasteiger partial charge in [0.25, 0.3) is 0 Å². The molecule has 1 aromatic heterocycles. The van der Waals surface area contributed by atoms with E-state index in [-0.39, 0.29) is 12.3 Å². The van der Waals surface area contributed by atoms with Gasteiger partial charge in [0.05, 0.1) is 24.1 Å². The van der Waals surface area contributed by atoms with Crippen LogP contribution < -0.4 is 10.1 Å². The number of methoxy groups -OCH3 is 1. The molecule has 7 heteroatoms. The van der Waals surface area contributed by atoms with Gasteiger partial charge in [-0.2, -0.15) is 5.26 Å². The van der Waals surface area contributed by atoms with Gasteiger partial charge in [0.15, 0.2) is 0 Å². The summed E-state index contributed by atoms with van der Waals surface area (Å²) < 4.78 is 5.24. The highest BCUT2D eigenvalue weighted by atomic mass is 35.5. The van der Waals surface area contributed by atoms with Crippen molar-refractivity contribution in [2.45, 2.75) is 18.4 Å². The molecule has 0 saturated carbocycles. The van der Waals surface area contributed by atoms with Crippen LogP contribution in [0.15, 0.2) is 59.6 Å². The second-order valence-electron chi connectivity index (χ2n) is 6.52. The Morgan fingerprint density at radius 3 is 2.67 bits per heavy atom. The lowest BCUT2D eigenvalue weighted by Crippen LogP contribution is -2.13. The molecular weight excluding hydrogens is 418 g/mol. The summed E-state index contributed by atoms with van der Waals surface area (Å²) in [6.07, 6.45) is 0.252. The summed E-state index contributed by atoms with van der Waals surface area (Å²) in [7, 11) is 1.53. The number of aromatic nitrogens is 1. The zero-order valence-corrected chi connectivity index (χ0v) is 18.2. The van der Waals surface area contributed by atoms with Gasteiger partial charge in [-0.15, -0.1) is 11.8 Å². The Morgan fingerprint density at radius 1 is 1.20 bits per heavy atom. The Kier molecular flexibility index (Phi) is 7.34.